The van der Waals surface area contributed by atoms with Gasteiger partial charge in [-0.25, -0.2) is 0 Å². The topological polar surface area (TPSA) is 49.3 Å². The zero-order valence-corrected chi connectivity index (χ0v) is 8.09. The van der Waals surface area contributed by atoms with Gasteiger partial charge in [0.15, 0.2) is 0 Å². The molecule has 0 spiro atoms. The smallest absolute Gasteiger partial charge is 0.321 e. The number of carboxylic acids is 1. The molecule has 4 heteroatoms. The lowest BCUT2D eigenvalue weighted by atomic mass is 9.82. The van der Waals surface area contributed by atoms with Crippen LogP contribution < -0.4 is 5.32 Å². The van der Waals surface area contributed by atoms with E-state index in [0.29, 0.717) is 11.8 Å². The highest BCUT2D eigenvalue weighted by atomic mass is 35.5. The highest BCUT2D eigenvalue weighted by Crippen LogP contribution is 2.32. The Bertz CT molecular complexity index is 230. The summed E-state index contributed by atoms with van der Waals surface area (Å²) in [7, 11) is 0. The van der Waals surface area contributed by atoms with Crippen LogP contribution in [0.1, 0.15) is 12.8 Å². The van der Waals surface area contributed by atoms with E-state index in [1.807, 2.05) is 0 Å². The molecular formula is C9H14ClNO2. The van der Waals surface area contributed by atoms with Gasteiger partial charge in [0.1, 0.15) is 6.04 Å². The van der Waals surface area contributed by atoms with Crippen LogP contribution in [0, 0.1) is 11.8 Å². The van der Waals surface area contributed by atoms with Crippen LogP contribution in [0.2, 0.25) is 0 Å². The van der Waals surface area contributed by atoms with Gasteiger partial charge >= 0.3 is 5.97 Å². The predicted molar refractivity (Wildman–Crippen MR) is 52.0 cm³/mol. The van der Waals surface area contributed by atoms with Crippen molar-refractivity contribution in [3.63, 3.8) is 0 Å². The number of hydrogen-bond donors (Lipinski definition) is 2. The van der Waals surface area contributed by atoms with Crippen LogP contribution in [0.25, 0.3) is 0 Å². The largest absolute Gasteiger partial charge is 0.480 e. The molecule has 1 aliphatic heterocycles. The van der Waals surface area contributed by atoms with Crippen molar-refractivity contribution in [1.29, 1.82) is 0 Å². The number of carbonyl (C=O) groups is 1. The van der Waals surface area contributed by atoms with Gasteiger partial charge in [-0.3, -0.25) is 4.79 Å². The maximum Gasteiger partial charge on any atom is 0.321 e. The number of carboxylic acid groups (broad SMARTS) is 1. The predicted octanol–water partition coefficient (Wildman–Crippen LogP) is 1.05. The molecule has 2 aliphatic rings. The summed E-state index contributed by atoms with van der Waals surface area (Å²) in [4.78, 5) is 10.8. The number of aliphatic carboxylic acids is 1. The van der Waals surface area contributed by atoms with Gasteiger partial charge in [-0.15, -0.1) is 12.4 Å². The Kier molecular flexibility index (Phi) is 3.33. The molecule has 1 heterocycles. The van der Waals surface area contributed by atoms with E-state index in [1.54, 1.807) is 0 Å². The minimum absolute atomic E-state index is 0. The Labute approximate surface area is 83.6 Å². The summed E-state index contributed by atoms with van der Waals surface area (Å²) in [6.07, 6.45) is 6.23. The molecule has 1 fully saturated rings. The van der Waals surface area contributed by atoms with E-state index in [1.165, 1.54) is 0 Å². The Morgan fingerprint density at radius 3 is 2.77 bits per heavy atom. The minimum Gasteiger partial charge on any atom is -0.480 e. The standard InChI is InChI=1S/C9H13NO2.ClH/c11-9(12)8-7-4-2-1-3-6(7)5-10-8;/h1-2,6-8,10H,3-5H2,(H,11,12);1H/t6-,7?,8-;/m0./s1. The molecule has 3 atom stereocenters. The Hall–Kier alpha value is -0.540. The van der Waals surface area contributed by atoms with E-state index in [-0.39, 0.29) is 18.4 Å². The van der Waals surface area contributed by atoms with Crippen LogP contribution in [0.5, 0.6) is 0 Å². The van der Waals surface area contributed by atoms with Gasteiger partial charge in [0.05, 0.1) is 0 Å². The first-order valence-electron chi connectivity index (χ1n) is 4.40. The summed E-state index contributed by atoms with van der Waals surface area (Å²) in [5.74, 6) is 0.182. The Morgan fingerprint density at radius 2 is 2.08 bits per heavy atom. The summed E-state index contributed by atoms with van der Waals surface area (Å²) in [6, 6.07) is -0.306. The molecule has 0 aromatic rings. The summed E-state index contributed by atoms with van der Waals surface area (Å²) in [5, 5.41) is 11.9. The summed E-state index contributed by atoms with van der Waals surface area (Å²) >= 11 is 0. The second-order valence-corrected chi connectivity index (χ2v) is 3.59. The maximum absolute atomic E-state index is 10.8. The van der Waals surface area contributed by atoms with E-state index in [4.69, 9.17) is 5.11 Å². The number of rotatable bonds is 1. The molecule has 2 rings (SSSR count). The molecule has 2 N–H and O–H groups in total. The summed E-state index contributed by atoms with van der Waals surface area (Å²) in [6.45, 7) is 0.867. The first-order chi connectivity index (χ1) is 5.79. The third kappa shape index (κ3) is 1.86. The van der Waals surface area contributed by atoms with Gasteiger partial charge in [-0.2, -0.15) is 0 Å². The van der Waals surface area contributed by atoms with Gasteiger partial charge < -0.3 is 10.4 Å². The van der Waals surface area contributed by atoms with Gasteiger partial charge in [0, 0.05) is 0 Å². The molecule has 1 aliphatic carbocycles. The van der Waals surface area contributed by atoms with E-state index < -0.39 is 5.97 Å². The van der Waals surface area contributed by atoms with Crippen molar-refractivity contribution in [3.8, 4) is 0 Å². The average molecular weight is 204 g/mol. The van der Waals surface area contributed by atoms with Crippen molar-refractivity contribution in [1.82, 2.24) is 5.32 Å². The lowest BCUT2D eigenvalue weighted by molar-refractivity contribution is -0.140. The zero-order valence-electron chi connectivity index (χ0n) is 7.27. The molecule has 0 bridgehead atoms. The molecule has 0 amide bonds. The molecule has 0 radical (unpaired) electrons. The lowest BCUT2D eigenvalue weighted by Crippen LogP contribution is -2.35. The van der Waals surface area contributed by atoms with Crippen LogP contribution in [0.15, 0.2) is 12.2 Å². The SMILES string of the molecule is Cl.O=C(O)[C@H]1NC[C@@H]2CC=CCC21. The summed E-state index contributed by atoms with van der Waals surface area (Å²) in [5.41, 5.74) is 0. The number of fused-ring (bicyclic) bond motifs is 1. The average Bonchev–Trinajstić information content (AvgIpc) is 2.47. The van der Waals surface area contributed by atoms with E-state index in [2.05, 4.69) is 17.5 Å². The fourth-order valence-electron chi connectivity index (χ4n) is 2.23. The van der Waals surface area contributed by atoms with Crippen molar-refractivity contribution >= 4 is 18.4 Å². The molecular weight excluding hydrogens is 190 g/mol. The molecule has 0 saturated carbocycles. The van der Waals surface area contributed by atoms with Gasteiger partial charge in [-0.05, 0) is 31.2 Å². The van der Waals surface area contributed by atoms with Gasteiger partial charge in [0.25, 0.3) is 0 Å². The fraction of sp³-hybridized carbons (Fsp3) is 0.667. The van der Waals surface area contributed by atoms with Crippen LogP contribution in [0.4, 0.5) is 0 Å². The first kappa shape index (κ1) is 10.5. The van der Waals surface area contributed by atoms with Crippen molar-refractivity contribution in [3.05, 3.63) is 12.2 Å². The van der Waals surface area contributed by atoms with Crippen molar-refractivity contribution < 1.29 is 9.90 Å². The minimum atomic E-state index is -0.696. The number of allylic oxidation sites excluding steroid dienone is 2. The molecule has 74 valence electrons. The zero-order chi connectivity index (χ0) is 8.55. The third-order valence-electron chi connectivity index (χ3n) is 2.91. The number of halogens is 1. The molecule has 3 nitrogen and oxygen atoms in total. The third-order valence-corrected chi connectivity index (χ3v) is 2.91. The number of hydrogen-bond acceptors (Lipinski definition) is 2. The molecule has 13 heavy (non-hydrogen) atoms. The number of nitrogens with one attached hydrogen (secondary N) is 1. The van der Waals surface area contributed by atoms with Crippen LogP contribution in [-0.2, 0) is 4.79 Å². The van der Waals surface area contributed by atoms with Crippen molar-refractivity contribution in [2.24, 2.45) is 11.8 Å². The van der Waals surface area contributed by atoms with Crippen LogP contribution >= 0.6 is 12.4 Å². The van der Waals surface area contributed by atoms with E-state index in [0.717, 1.165) is 19.4 Å². The van der Waals surface area contributed by atoms with Crippen LogP contribution in [-0.4, -0.2) is 23.7 Å². The quantitative estimate of drug-likeness (QED) is 0.627. The highest BCUT2D eigenvalue weighted by molar-refractivity contribution is 5.85. The summed E-state index contributed by atoms with van der Waals surface area (Å²) < 4.78 is 0. The molecule has 1 unspecified atom stereocenters. The van der Waals surface area contributed by atoms with Crippen molar-refractivity contribution in [2.45, 2.75) is 18.9 Å². The van der Waals surface area contributed by atoms with Crippen molar-refractivity contribution in [2.75, 3.05) is 6.54 Å². The van der Waals surface area contributed by atoms with Gasteiger partial charge in [0.2, 0.25) is 0 Å². The molecule has 0 aromatic heterocycles. The lowest BCUT2D eigenvalue weighted by Gasteiger charge is -2.22. The molecule has 0 aromatic carbocycles. The normalized spacial score (nSPS) is 36.5. The van der Waals surface area contributed by atoms with Gasteiger partial charge in [-0.1, -0.05) is 12.2 Å². The Morgan fingerprint density at radius 1 is 1.38 bits per heavy atom. The first-order valence-corrected chi connectivity index (χ1v) is 4.40. The van der Waals surface area contributed by atoms with E-state index >= 15 is 0 Å². The fourth-order valence-corrected chi connectivity index (χ4v) is 2.23. The second kappa shape index (κ2) is 4.11. The monoisotopic (exact) mass is 203 g/mol. The van der Waals surface area contributed by atoms with E-state index in [9.17, 15) is 4.79 Å². The molecule has 1 saturated heterocycles. The Balaban J connectivity index is 0.000000845. The second-order valence-electron chi connectivity index (χ2n) is 3.59. The maximum atomic E-state index is 10.8. The van der Waals surface area contributed by atoms with Crippen LogP contribution in [0.3, 0.4) is 0 Å². The highest BCUT2D eigenvalue weighted by Gasteiger charge is 2.39.